The summed E-state index contributed by atoms with van der Waals surface area (Å²) in [7, 11) is 0. The number of nitriles is 1. The highest BCUT2D eigenvalue weighted by atomic mass is 35.5. The van der Waals surface area contributed by atoms with Gasteiger partial charge in [0.15, 0.2) is 5.75 Å². The van der Waals surface area contributed by atoms with E-state index in [2.05, 4.69) is 9.72 Å². The second kappa shape index (κ2) is 4.76. The molecule has 0 aromatic carbocycles. The van der Waals surface area contributed by atoms with E-state index < -0.39 is 12.1 Å². The van der Waals surface area contributed by atoms with E-state index in [0.29, 0.717) is 0 Å². The maximum atomic E-state index is 12.1. The van der Waals surface area contributed by atoms with E-state index in [0.717, 1.165) is 6.20 Å². The fourth-order valence-corrected chi connectivity index (χ4v) is 1.46. The zero-order valence-electron chi connectivity index (χ0n) is 7.48. The highest BCUT2D eigenvalue weighted by molar-refractivity contribution is 6.31. The van der Waals surface area contributed by atoms with Crippen molar-refractivity contribution in [2.75, 3.05) is 0 Å². The minimum Gasteiger partial charge on any atom is -0.404 e. The maximum absolute atomic E-state index is 12.1. The van der Waals surface area contributed by atoms with Gasteiger partial charge in [0.1, 0.15) is 16.8 Å². The summed E-state index contributed by atoms with van der Waals surface area (Å²) in [5, 5.41) is 8.37. The Bertz CT molecular complexity index is 442. The summed E-state index contributed by atoms with van der Waals surface area (Å²) < 4.78 is 39.9. The van der Waals surface area contributed by atoms with E-state index in [4.69, 9.17) is 28.5 Å². The molecule has 0 amide bonds. The quantitative estimate of drug-likeness (QED) is 0.612. The van der Waals surface area contributed by atoms with E-state index in [-0.39, 0.29) is 22.2 Å². The molecule has 0 spiro atoms. The standard InChI is InChI=1S/C8H3Cl2F3N2O/c9-1-5-6(16-8(11,12)13)4(2-14)3-15-7(5)10/h3H,1H2. The topological polar surface area (TPSA) is 45.9 Å². The van der Waals surface area contributed by atoms with E-state index in [1.54, 1.807) is 0 Å². The first kappa shape index (κ1) is 12.9. The highest BCUT2D eigenvalue weighted by Gasteiger charge is 2.34. The van der Waals surface area contributed by atoms with E-state index in [9.17, 15) is 13.2 Å². The predicted octanol–water partition coefficient (Wildman–Crippen LogP) is 3.24. The molecule has 0 saturated heterocycles. The van der Waals surface area contributed by atoms with Crippen LogP contribution in [-0.2, 0) is 5.88 Å². The monoisotopic (exact) mass is 270 g/mol. The average molecular weight is 271 g/mol. The van der Waals surface area contributed by atoms with Crippen LogP contribution in [0.15, 0.2) is 6.20 Å². The minimum absolute atomic E-state index is 0.167. The summed E-state index contributed by atoms with van der Waals surface area (Å²) in [6.07, 6.45) is -4.03. The number of pyridine rings is 1. The molecule has 0 aliphatic rings. The largest absolute Gasteiger partial charge is 0.573 e. The van der Waals surface area contributed by atoms with Gasteiger partial charge >= 0.3 is 6.36 Å². The molecule has 0 bridgehead atoms. The second-order valence-electron chi connectivity index (χ2n) is 2.56. The lowest BCUT2D eigenvalue weighted by atomic mass is 10.2. The molecule has 16 heavy (non-hydrogen) atoms. The Labute approximate surface area is 98.4 Å². The first-order valence-corrected chi connectivity index (χ1v) is 4.69. The van der Waals surface area contributed by atoms with Gasteiger partial charge in [-0.3, -0.25) is 0 Å². The van der Waals surface area contributed by atoms with E-state index in [1.165, 1.54) is 6.07 Å². The predicted molar refractivity (Wildman–Crippen MR) is 50.2 cm³/mol. The Balaban J connectivity index is 3.32. The van der Waals surface area contributed by atoms with Crippen LogP contribution < -0.4 is 4.74 Å². The van der Waals surface area contributed by atoms with Gasteiger partial charge in [0.2, 0.25) is 0 Å². The second-order valence-corrected chi connectivity index (χ2v) is 3.19. The molecule has 1 heterocycles. The lowest BCUT2D eigenvalue weighted by Crippen LogP contribution is -2.19. The summed E-state index contributed by atoms with van der Waals surface area (Å²) in [5.41, 5.74) is -0.544. The fraction of sp³-hybridized carbons (Fsp3) is 0.250. The van der Waals surface area contributed by atoms with Crippen LogP contribution in [0.4, 0.5) is 13.2 Å². The summed E-state index contributed by atoms with van der Waals surface area (Å²) in [4.78, 5) is 3.52. The molecule has 0 radical (unpaired) electrons. The molecule has 0 atom stereocenters. The van der Waals surface area contributed by atoms with Gasteiger partial charge in [0.05, 0.1) is 12.1 Å². The fourth-order valence-electron chi connectivity index (χ4n) is 0.942. The third-order valence-electron chi connectivity index (χ3n) is 1.55. The first-order valence-electron chi connectivity index (χ1n) is 3.78. The molecule has 0 aliphatic heterocycles. The Kier molecular flexibility index (Phi) is 3.83. The smallest absolute Gasteiger partial charge is 0.404 e. The summed E-state index contributed by atoms with van der Waals surface area (Å²) in [5.74, 6) is -1.04. The molecule has 1 aromatic heterocycles. The zero-order chi connectivity index (χ0) is 12.3. The average Bonchev–Trinajstić information content (AvgIpc) is 2.16. The van der Waals surface area contributed by atoms with Gasteiger partial charge < -0.3 is 4.74 Å². The summed E-state index contributed by atoms with van der Waals surface area (Å²) in [6.45, 7) is 0. The van der Waals surface area contributed by atoms with Crippen molar-refractivity contribution in [3.05, 3.63) is 22.5 Å². The van der Waals surface area contributed by atoms with Gasteiger partial charge in [-0.15, -0.1) is 24.8 Å². The van der Waals surface area contributed by atoms with Crippen LogP contribution in [0.3, 0.4) is 0 Å². The van der Waals surface area contributed by atoms with Gasteiger partial charge in [-0.05, 0) is 0 Å². The molecule has 1 rings (SSSR count). The van der Waals surface area contributed by atoms with Crippen molar-refractivity contribution in [3.63, 3.8) is 0 Å². The van der Waals surface area contributed by atoms with E-state index in [1.807, 2.05) is 0 Å². The van der Waals surface area contributed by atoms with Crippen molar-refractivity contribution in [2.45, 2.75) is 12.2 Å². The maximum Gasteiger partial charge on any atom is 0.573 e. The molecular formula is C8H3Cl2F3N2O. The minimum atomic E-state index is -4.92. The van der Waals surface area contributed by atoms with Crippen LogP contribution in [0.25, 0.3) is 0 Å². The molecule has 0 unspecified atom stereocenters. The van der Waals surface area contributed by atoms with Crippen molar-refractivity contribution in [3.8, 4) is 11.8 Å². The first-order chi connectivity index (χ1) is 7.39. The number of rotatable bonds is 2. The van der Waals surface area contributed by atoms with Crippen LogP contribution in [0.5, 0.6) is 5.75 Å². The zero-order valence-corrected chi connectivity index (χ0v) is 8.99. The van der Waals surface area contributed by atoms with Crippen molar-refractivity contribution in [1.29, 1.82) is 5.26 Å². The van der Waals surface area contributed by atoms with Gasteiger partial charge in [-0.1, -0.05) is 11.6 Å². The number of hydrogen-bond acceptors (Lipinski definition) is 3. The van der Waals surface area contributed by atoms with Crippen molar-refractivity contribution in [2.24, 2.45) is 0 Å². The number of alkyl halides is 4. The Hall–Kier alpha value is -1.19. The molecule has 3 nitrogen and oxygen atoms in total. The van der Waals surface area contributed by atoms with Gasteiger partial charge in [-0.25, -0.2) is 4.98 Å². The Morgan fingerprint density at radius 2 is 2.12 bits per heavy atom. The summed E-state index contributed by atoms with van der Waals surface area (Å²) >= 11 is 10.9. The van der Waals surface area contributed by atoms with Crippen molar-refractivity contribution >= 4 is 23.2 Å². The van der Waals surface area contributed by atoms with Gasteiger partial charge in [0.25, 0.3) is 0 Å². The van der Waals surface area contributed by atoms with Crippen LogP contribution in [-0.4, -0.2) is 11.3 Å². The van der Waals surface area contributed by atoms with Crippen LogP contribution >= 0.6 is 23.2 Å². The molecule has 1 aromatic rings. The molecule has 0 saturated carbocycles. The van der Waals surface area contributed by atoms with Crippen molar-refractivity contribution < 1.29 is 17.9 Å². The molecule has 0 fully saturated rings. The summed E-state index contributed by atoms with van der Waals surface area (Å²) in [6, 6.07) is 1.52. The third kappa shape index (κ3) is 2.90. The van der Waals surface area contributed by atoms with Crippen LogP contribution in [0.1, 0.15) is 11.1 Å². The molecule has 8 heteroatoms. The Morgan fingerprint density at radius 3 is 2.56 bits per heavy atom. The van der Waals surface area contributed by atoms with Crippen LogP contribution in [0.2, 0.25) is 5.15 Å². The number of hydrogen-bond donors (Lipinski definition) is 0. The highest BCUT2D eigenvalue weighted by Crippen LogP contribution is 2.33. The molecule has 0 aliphatic carbocycles. The SMILES string of the molecule is N#Cc1cnc(Cl)c(CCl)c1OC(F)(F)F. The lowest BCUT2D eigenvalue weighted by Gasteiger charge is -2.13. The normalized spacial score (nSPS) is 11.0. The van der Waals surface area contributed by atoms with Crippen LogP contribution in [0, 0.1) is 11.3 Å². The molecular weight excluding hydrogens is 268 g/mol. The number of nitrogens with zero attached hydrogens (tertiary/aromatic N) is 2. The molecule has 86 valence electrons. The van der Waals surface area contributed by atoms with E-state index >= 15 is 0 Å². The Morgan fingerprint density at radius 1 is 1.50 bits per heavy atom. The third-order valence-corrected chi connectivity index (χ3v) is 2.14. The van der Waals surface area contributed by atoms with Gasteiger partial charge in [0, 0.05) is 5.56 Å². The number of aromatic nitrogens is 1. The number of halogens is 5. The molecule has 0 N–H and O–H groups in total. The van der Waals surface area contributed by atoms with Gasteiger partial charge in [-0.2, -0.15) is 5.26 Å². The number of ether oxygens (including phenoxy) is 1. The van der Waals surface area contributed by atoms with Crippen molar-refractivity contribution in [1.82, 2.24) is 4.98 Å². The lowest BCUT2D eigenvalue weighted by molar-refractivity contribution is -0.275.